The second kappa shape index (κ2) is 5.77. The van der Waals surface area contributed by atoms with Crippen LogP contribution in [0, 0.1) is 0 Å². The van der Waals surface area contributed by atoms with Crippen LogP contribution >= 0.6 is 0 Å². The summed E-state index contributed by atoms with van der Waals surface area (Å²) in [5.74, 6) is 0.406. The normalized spacial score (nSPS) is 16.8. The Morgan fingerprint density at radius 2 is 1.68 bits per heavy atom. The quantitative estimate of drug-likeness (QED) is 0.753. The molecule has 1 aliphatic heterocycles. The lowest BCUT2D eigenvalue weighted by Gasteiger charge is -2.26. The Bertz CT molecular complexity index is 929. The highest BCUT2D eigenvalue weighted by molar-refractivity contribution is 5.77. The van der Waals surface area contributed by atoms with Gasteiger partial charge in [0.15, 0.2) is 0 Å². The molecule has 0 bridgehead atoms. The van der Waals surface area contributed by atoms with Gasteiger partial charge in [0.25, 0.3) is 0 Å². The maximum absolute atomic E-state index is 13.4. The van der Waals surface area contributed by atoms with E-state index in [4.69, 9.17) is 0 Å². The maximum atomic E-state index is 13.4. The molecule has 126 valence electrons. The minimum atomic E-state index is -4.44. The fraction of sp³-hybridized carbons (Fsp3) is 0.111. The highest BCUT2D eigenvalue weighted by Gasteiger charge is 2.36. The van der Waals surface area contributed by atoms with Crippen molar-refractivity contribution in [2.45, 2.75) is 12.2 Å². The number of rotatable bonds is 2. The molecule has 4 nitrogen and oxygen atoms in total. The van der Waals surface area contributed by atoms with Gasteiger partial charge in [0, 0.05) is 5.70 Å². The molecule has 0 unspecified atom stereocenters. The van der Waals surface area contributed by atoms with Crippen molar-refractivity contribution in [1.29, 1.82) is 0 Å². The third-order valence-corrected chi connectivity index (χ3v) is 4.08. The molecule has 0 aliphatic carbocycles. The maximum Gasteiger partial charge on any atom is 0.416 e. The predicted octanol–water partition coefficient (Wildman–Crippen LogP) is 4.35. The van der Waals surface area contributed by atoms with Crippen LogP contribution in [-0.2, 0) is 6.18 Å². The van der Waals surface area contributed by atoms with Crippen molar-refractivity contribution in [1.82, 2.24) is 14.8 Å². The van der Waals surface area contributed by atoms with E-state index in [9.17, 15) is 13.2 Å². The molecule has 25 heavy (non-hydrogen) atoms. The third-order valence-electron chi connectivity index (χ3n) is 4.08. The molecule has 0 spiro atoms. The van der Waals surface area contributed by atoms with E-state index in [0.717, 1.165) is 11.6 Å². The molecule has 3 aromatic rings. The van der Waals surface area contributed by atoms with Gasteiger partial charge in [-0.2, -0.15) is 23.3 Å². The van der Waals surface area contributed by atoms with Crippen molar-refractivity contribution in [2.75, 3.05) is 5.32 Å². The summed E-state index contributed by atoms with van der Waals surface area (Å²) in [5, 5.41) is 7.22. The molecule has 7 heteroatoms. The first-order valence-corrected chi connectivity index (χ1v) is 7.64. The van der Waals surface area contributed by atoms with Crippen LogP contribution in [0.4, 0.5) is 19.1 Å². The minimum Gasteiger partial charge on any atom is -0.324 e. The van der Waals surface area contributed by atoms with Crippen molar-refractivity contribution in [2.24, 2.45) is 0 Å². The van der Waals surface area contributed by atoms with Crippen LogP contribution in [0.25, 0.3) is 5.70 Å². The second-order valence-corrected chi connectivity index (χ2v) is 5.63. The van der Waals surface area contributed by atoms with Gasteiger partial charge >= 0.3 is 6.18 Å². The zero-order chi connectivity index (χ0) is 17.4. The van der Waals surface area contributed by atoms with Crippen LogP contribution in [-0.4, -0.2) is 14.8 Å². The molecule has 4 rings (SSSR count). The molecular weight excluding hydrogens is 329 g/mol. The van der Waals surface area contributed by atoms with Crippen molar-refractivity contribution in [3.05, 3.63) is 83.7 Å². The Kier molecular flexibility index (Phi) is 3.56. The first-order valence-electron chi connectivity index (χ1n) is 7.64. The van der Waals surface area contributed by atoms with E-state index >= 15 is 0 Å². The van der Waals surface area contributed by atoms with Crippen molar-refractivity contribution < 1.29 is 13.2 Å². The molecule has 0 amide bonds. The summed E-state index contributed by atoms with van der Waals surface area (Å²) < 4.78 is 41.8. The summed E-state index contributed by atoms with van der Waals surface area (Å²) in [4.78, 5) is 4.12. The number of alkyl halides is 3. The molecule has 1 aliphatic rings. The van der Waals surface area contributed by atoms with Crippen molar-refractivity contribution in [3.63, 3.8) is 0 Å². The number of nitrogens with one attached hydrogen (secondary N) is 1. The first-order chi connectivity index (χ1) is 12.0. The lowest BCUT2D eigenvalue weighted by Crippen LogP contribution is -2.22. The number of nitrogens with zero attached hydrogens (tertiary/aromatic N) is 3. The molecule has 0 radical (unpaired) electrons. The van der Waals surface area contributed by atoms with Gasteiger partial charge in [0.2, 0.25) is 5.95 Å². The summed E-state index contributed by atoms with van der Waals surface area (Å²) in [6, 6.07) is 14.2. The van der Waals surface area contributed by atoms with E-state index < -0.39 is 17.8 Å². The Labute approximate surface area is 141 Å². The molecule has 2 heterocycles. The van der Waals surface area contributed by atoms with Crippen LogP contribution in [0.1, 0.15) is 22.7 Å². The smallest absolute Gasteiger partial charge is 0.324 e. The number of fused-ring (bicyclic) bond motifs is 1. The Morgan fingerprint density at radius 3 is 2.44 bits per heavy atom. The number of anilines is 1. The van der Waals surface area contributed by atoms with E-state index in [1.165, 1.54) is 23.1 Å². The van der Waals surface area contributed by atoms with E-state index in [0.29, 0.717) is 11.6 Å². The molecular formula is C18H13F3N4. The van der Waals surface area contributed by atoms with E-state index in [1.807, 2.05) is 30.3 Å². The number of hydrogen-bond acceptors (Lipinski definition) is 3. The van der Waals surface area contributed by atoms with Gasteiger partial charge in [-0.05, 0) is 23.3 Å². The topological polar surface area (TPSA) is 42.7 Å². The minimum absolute atomic E-state index is 0.136. The summed E-state index contributed by atoms with van der Waals surface area (Å²) in [6.07, 6.45) is -1.38. The van der Waals surface area contributed by atoms with Gasteiger partial charge in [-0.1, -0.05) is 48.5 Å². The number of allylic oxidation sites excluding steroid dienone is 1. The number of halogens is 3. The van der Waals surface area contributed by atoms with Crippen LogP contribution in [0.2, 0.25) is 0 Å². The lowest BCUT2D eigenvalue weighted by atomic mass is 9.97. The van der Waals surface area contributed by atoms with E-state index in [-0.39, 0.29) is 5.56 Å². The summed E-state index contributed by atoms with van der Waals surface area (Å²) in [5.41, 5.74) is 1.03. The largest absolute Gasteiger partial charge is 0.416 e. The highest BCUT2D eigenvalue weighted by Crippen LogP contribution is 2.39. The Morgan fingerprint density at radius 1 is 0.960 bits per heavy atom. The fourth-order valence-corrected chi connectivity index (χ4v) is 2.95. The van der Waals surface area contributed by atoms with E-state index in [2.05, 4.69) is 15.4 Å². The van der Waals surface area contributed by atoms with Crippen molar-refractivity contribution >= 4 is 11.6 Å². The van der Waals surface area contributed by atoms with Gasteiger partial charge in [0.05, 0.1) is 5.56 Å². The number of hydrogen-bond donors (Lipinski definition) is 1. The number of benzene rings is 2. The van der Waals surface area contributed by atoms with Crippen LogP contribution < -0.4 is 5.32 Å². The summed E-state index contributed by atoms with van der Waals surface area (Å²) in [7, 11) is 0. The molecule has 0 saturated heterocycles. The van der Waals surface area contributed by atoms with Gasteiger partial charge in [0.1, 0.15) is 12.4 Å². The molecule has 0 saturated carbocycles. The molecule has 1 N–H and O–H groups in total. The summed E-state index contributed by atoms with van der Waals surface area (Å²) >= 11 is 0. The lowest BCUT2D eigenvalue weighted by molar-refractivity contribution is -0.138. The zero-order valence-electron chi connectivity index (χ0n) is 12.9. The predicted molar refractivity (Wildman–Crippen MR) is 87.6 cm³/mol. The SMILES string of the molecule is FC(F)(F)c1ccccc1[C@H]1C=C(c2ccccc2)Nc2ncnn21. The Hall–Kier alpha value is -3.09. The monoisotopic (exact) mass is 342 g/mol. The second-order valence-electron chi connectivity index (χ2n) is 5.63. The first kappa shape index (κ1) is 15.4. The zero-order valence-corrected chi connectivity index (χ0v) is 12.9. The average molecular weight is 342 g/mol. The molecule has 2 aromatic carbocycles. The highest BCUT2D eigenvalue weighted by atomic mass is 19.4. The summed E-state index contributed by atoms with van der Waals surface area (Å²) in [6.45, 7) is 0. The Balaban J connectivity index is 1.88. The molecule has 1 atom stereocenters. The van der Waals surface area contributed by atoms with Gasteiger partial charge < -0.3 is 5.32 Å². The van der Waals surface area contributed by atoms with Gasteiger partial charge in [-0.25, -0.2) is 4.68 Å². The third kappa shape index (κ3) is 2.77. The van der Waals surface area contributed by atoms with Crippen LogP contribution in [0.15, 0.2) is 67.0 Å². The fourth-order valence-electron chi connectivity index (χ4n) is 2.95. The number of aromatic nitrogens is 3. The van der Waals surface area contributed by atoms with Gasteiger partial charge in [-0.3, -0.25) is 0 Å². The standard InChI is InChI=1S/C18H13F3N4/c19-18(20,21)14-9-5-4-8-13(14)16-10-15(12-6-2-1-3-7-12)24-17-22-11-23-25(16)17/h1-11,16H,(H,22,23,24)/t16-/m1/s1. The molecule has 0 fully saturated rings. The van der Waals surface area contributed by atoms with Crippen LogP contribution in [0.3, 0.4) is 0 Å². The van der Waals surface area contributed by atoms with Crippen molar-refractivity contribution in [3.8, 4) is 0 Å². The average Bonchev–Trinajstić information content (AvgIpc) is 3.09. The van der Waals surface area contributed by atoms with Gasteiger partial charge in [-0.15, -0.1) is 0 Å². The van der Waals surface area contributed by atoms with Crippen LogP contribution in [0.5, 0.6) is 0 Å². The van der Waals surface area contributed by atoms with E-state index in [1.54, 1.807) is 12.1 Å². The molecule has 1 aromatic heterocycles.